The molecule has 0 radical (unpaired) electrons. The van der Waals surface area contributed by atoms with Crippen LogP contribution >= 0.6 is 27.3 Å². The second-order valence-electron chi connectivity index (χ2n) is 4.00. The molecule has 0 fully saturated rings. The van der Waals surface area contributed by atoms with Gasteiger partial charge in [0.25, 0.3) is 5.69 Å². The summed E-state index contributed by atoms with van der Waals surface area (Å²) < 4.78 is 0.645. The lowest BCUT2D eigenvalue weighted by atomic mass is 10.2. The van der Waals surface area contributed by atoms with Crippen LogP contribution in [0.1, 0.15) is 11.1 Å². The Balaban J connectivity index is 2.05. The van der Waals surface area contributed by atoms with Crippen LogP contribution in [-0.4, -0.2) is 16.5 Å². The smallest absolute Gasteiger partial charge is 0.291 e. The average molecular weight is 342 g/mol. The molecule has 0 aromatic carbocycles. The maximum atomic E-state index is 10.8. The fraction of sp³-hybridized carbons (Fsp3) is 0.250. The third-order valence-corrected chi connectivity index (χ3v) is 4.42. The lowest BCUT2D eigenvalue weighted by Gasteiger charge is -2.09. The van der Waals surface area contributed by atoms with Crippen molar-refractivity contribution in [2.75, 3.05) is 11.9 Å². The second kappa shape index (κ2) is 6.12. The number of halogens is 1. The normalized spacial score (nSPS) is 10.4. The number of hydrogen-bond donors (Lipinski definition) is 1. The summed E-state index contributed by atoms with van der Waals surface area (Å²) in [6, 6.07) is 2.08. The van der Waals surface area contributed by atoms with Crippen molar-refractivity contribution in [1.82, 2.24) is 4.98 Å². The summed E-state index contributed by atoms with van der Waals surface area (Å²) in [7, 11) is 0. The average Bonchev–Trinajstić information content (AvgIpc) is 2.87. The van der Waals surface area contributed by atoms with E-state index in [1.54, 1.807) is 18.3 Å². The molecular formula is C12H12BrN3O2S. The van der Waals surface area contributed by atoms with Crippen molar-refractivity contribution in [2.24, 2.45) is 0 Å². The van der Waals surface area contributed by atoms with Gasteiger partial charge in [-0.1, -0.05) is 0 Å². The number of anilines is 1. The Hall–Kier alpha value is -1.47. The standard InChI is InChI=1S/C12H12BrN3O2S/c1-8-10(16(17)18)6-15-12(11(8)13)14-4-2-9-3-5-19-7-9/h3,5-7H,2,4H2,1H3,(H,14,15). The Kier molecular flexibility index (Phi) is 4.49. The van der Waals surface area contributed by atoms with Crippen LogP contribution in [0, 0.1) is 17.0 Å². The highest BCUT2D eigenvalue weighted by Crippen LogP contribution is 2.30. The van der Waals surface area contributed by atoms with Gasteiger partial charge in [-0.05, 0) is 51.7 Å². The first-order valence-electron chi connectivity index (χ1n) is 5.64. The van der Waals surface area contributed by atoms with E-state index in [1.807, 2.05) is 5.38 Å². The van der Waals surface area contributed by atoms with E-state index in [4.69, 9.17) is 0 Å². The van der Waals surface area contributed by atoms with Crippen LogP contribution in [-0.2, 0) is 6.42 Å². The molecule has 100 valence electrons. The molecule has 2 aromatic rings. The molecule has 0 bridgehead atoms. The first-order chi connectivity index (χ1) is 9.09. The Morgan fingerprint density at radius 2 is 2.37 bits per heavy atom. The summed E-state index contributed by atoms with van der Waals surface area (Å²) in [6.07, 6.45) is 2.18. The highest BCUT2D eigenvalue weighted by Gasteiger charge is 2.16. The zero-order valence-electron chi connectivity index (χ0n) is 10.2. The zero-order chi connectivity index (χ0) is 13.8. The highest BCUT2D eigenvalue weighted by molar-refractivity contribution is 9.10. The Morgan fingerprint density at radius 1 is 1.58 bits per heavy atom. The number of nitrogens with zero attached hydrogens (tertiary/aromatic N) is 2. The molecule has 0 saturated heterocycles. The van der Waals surface area contributed by atoms with E-state index in [0.29, 0.717) is 15.9 Å². The molecule has 0 spiro atoms. The maximum absolute atomic E-state index is 10.8. The molecule has 1 N–H and O–H groups in total. The van der Waals surface area contributed by atoms with Crippen molar-refractivity contribution in [1.29, 1.82) is 0 Å². The van der Waals surface area contributed by atoms with Crippen LogP contribution in [0.25, 0.3) is 0 Å². The first-order valence-corrected chi connectivity index (χ1v) is 7.37. The number of nitrogens with one attached hydrogen (secondary N) is 1. The minimum Gasteiger partial charge on any atom is -0.369 e. The van der Waals surface area contributed by atoms with Crippen LogP contribution in [0.3, 0.4) is 0 Å². The van der Waals surface area contributed by atoms with Crippen LogP contribution in [0.4, 0.5) is 11.5 Å². The fourth-order valence-corrected chi connectivity index (χ4v) is 2.79. The molecule has 0 saturated carbocycles. The van der Waals surface area contributed by atoms with Gasteiger partial charge in [0.15, 0.2) is 0 Å². The van der Waals surface area contributed by atoms with Gasteiger partial charge in [0, 0.05) is 12.1 Å². The van der Waals surface area contributed by atoms with Gasteiger partial charge in [0.05, 0.1) is 9.40 Å². The lowest BCUT2D eigenvalue weighted by Crippen LogP contribution is -2.07. The monoisotopic (exact) mass is 341 g/mol. The summed E-state index contributed by atoms with van der Waals surface area (Å²) in [4.78, 5) is 14.4. The summed E-state index contributed by atoms with van der Waals surface area (Å²) in [5, 5.41) is 18.1. The molecule has 0 aliphatic rings. The molecule has 0 amide bonds. The largest absolute Gasteiger partial charge is 0.369 e. The van der Waals surface area contributed by atoms with Gasteiger partial charge in [-0.3, -0.25) is 10.1 Å². The second-order valence-corrected chi connectivity index (χ2v) is 5.57. The van der Waals surface area contributed by atoms with Crippen LogP contribution < -0.4 is 5.32 Å². The van der Waals surface area contributed by atoms with E-state index in [-0.39, 0.29) is 5.69 Å². The SMILES string of the molecule is Cc1c([N+](=O)[O-])cnc(NCCc2ccsc2)c1Br. The number of nitro groups is 1. The number of thiophene rings is 1. The maximum Gasteiger partial charge on any atom is 0.291 e. The van der Waals surface area contributed by atoms with Gasteiger partial charge in [-0.2, -0.15) is 11.3 Å². The molecule has 2 aromatic heterocycles. The Bertz CT molecular complexity index is 587. The number of pyridine rings is 1. The van der Waals surface area contributed by atoms with E-state index < -0.39 is 4.92 Å². The minimum absolute atomic E-state index is 0.0234. The number of hydrogen-bond acceptors (Lipinski definition) is 5. The minimum atomic E-state index is -0.428. The molecule has 0 unspecified atom stereocenters. The molecule has 0 aliphatic heterocycles. The van der Waals surface area contributed by atoms with E-state index in [1.165, 1.54) is 11.8 Å². The predicted octanol–water partition coefficient (Wildman–Crippen LogP) is 3.78. The van der Waals surface area contributed by atoms with E-state index in [0.717, 1.165) is 13.0 Å². The van der Waals surface area contributed by atoms with Gasteiger partial charge < -0.3 is 5.32 Å². The molecule has 2 heterocycles. The van der Waals surface area contributed by atoms with Crippen molar-refractivity contribution < 1.29 is 4.92 Å². The Morgan fingerprint density at radius 3 is 3.00 bits per heavy atom. The quantitative estimate of drug-likeness (QED) is 0.663. The molecule has 0 aliphatic carbocycles. The van der Waals surface area contributed by atoms with E-state index in [2.05, 4.69) is 37.7 Å². The van der Waals surface area contributed by atoms with Crippen molar-refractivity contribution >= 4 is 38.8 Å². The van der Waals surface area contributed by atoms with E-state index in [9.17, 15) is 10.1 Å². The van der Waals surface area contributed by atoms with Crippen molar-refractivity contribution in [2.45, 2.75) is 13.3 Å². The van der Waals surface area contributed by atoms with Gasteiger partial charge in [-0.15, -0.1) is 0 Å². The molecule has 0 atom stereocenters. The van der Waals surface area contributed by atoms with Crippen molar-refractivity contribution in [3.8, 4) is 0 Å². The van der Waals surface area contributed by atoms with Crippen molar-refractivity contribution in [3.63, 3.8) is 0 Å². The van der Waals surface area contributed by atoms with Crippen LogP contribution in [0.5, 0.6) is 0 Å². The third-order valence-electron chi connectivity index (χ3n) is 2.72. The summed E-state index contributed by atoms with van der Waals surface area (Å²) in [5.74, 6) is 0.637. The molecule has 5 nitrogen and oxygen atoms in total. The van der Waals surface area contributed by atoms with Gasteiger partial charge in [-0.25, -0.2) is 4.98 Å². The molecule has 19 heavy (non-hydrogen) atoms. The first kappa shape index (κ1) is 14.0. The summed E-state index contributed by atoms with van der Waals surface area (Å²) in [6.45, 7) is 2.44. The highest BCUT2D eigenvalue weighted by atomic mass is 79.9. The Labute approximate surface area is 123 Å². The lowest BCUT2D eigenvalue weighted by molar-refractivity contribution is -0.385. The fourth-order valence-electron chi connectivity index (χ4n) is 1.64. The topological polar surface area (TPSA) is 68.1 Å². The molecule has 2 rings (SSSR count). The number of rotatable bonds is 5. The van der Waals surface area contributed by atoms with Gasteiger partial charge in [0.1, 0.15) is 12.0 Å². The molecule has 7 heteroatoms. The zero-order valence-corrected chi connectivity index (χ0v) is 12.6. The van der Waals surface area contributed by atoms with Crippen molar-refractivity contribution in [3.05, 3.63) is 48.7 Å². The summed E-state index contributed by atoms with van der Waals surface area (Å²) in [5.41, 5.74) is 1.88. The summed E-state index contributed by atoms with van der Waals surface area (Å²) >= 11 is 5.02. The predicted molar refractivity (Wildman–Crippen MR) is 79.8 cm³/mol. The van der Waals surface area contributed by atoms with Crippen LogP contribution in [0.2, 0.25) is 0 Å². The third kappa shape index (κ3) is 3.30. The van der Waals surface area contributed by atoms with Gasteiger partial charge in [0.2, 0.25) is 0 Å². The molecular weight excluding hydrogens is 330 g/mol. The van der Waals surface area contributed by atoms with Gasteiger partial charge >= 0.3 is 0 Å². The van der Waals surface area contributed by atoms with E-state index >= 15 is 0 Å². The number of aromatic nitrogens is 1. The van der Waals surface area contributed by atoms with Crippen LogP contribution in [0.15, 0.2) is 27.5 Å².